The first-order valence-electron chi connectivity index (χ1n) is 11.5. The number of amides is 1. The van der Waals surface area contributed by atoms with Crippen molar-refractivity contribution in [2.75, 3.05) is 18.0 Å². The summed E-state index contributed by atoms with van der Waals surface area (Å²) in [5.41, 5.74) is 8.77. The fraction of sp³-hybridized carbons (Fsp3) is 0.458. The molecule has 1 unspecified atom stereocenters. The summed E-state index contributed by atoms with van der Waals surface area (Å²) in [4.78, 5) is 40.1. The molecule has 1 aromatic carbocycles. The number of anilines is 1. The molecule has 0 aromatic heterocycles. The number of aliphatic hydroxyl groups excluding tert-OH is 3. The number of nitrogens with zero attached hydrogens (tertiary/aromatic N) is 1. The Hall–Kier alpha value is -3.41. The van der Waals surface area contributed by atoms with Gasteiger partial charge in [-0.2, -0.15) is 0 Å². The minimum atomic E-state index is -2.72. The van der Waals surface area contributed by atoms with Crippen LogP contribution in [0.25, 0.3) is 5.76 Å². The largest absolute Gasteiger partial charge is 0.508 e. The molecular weight excluding hydrogens is 458 g/mol. The number of phenols is 1. The van der Waals surface area contributed by atoms with Gasteiger partial charge < -0.3 is 41.9 Å². The van der Waals surface area contributed by atoms with Crippen molar-refractivity contribution in [1.82, 2.24) is 0 Å². The van der Waals surface area contributed by atoms with Gasteiger partial charge in [0.2, 0.25) is 5.78 Å². The van der Waals surface area contributed by atoms with Crippen LogP contribution in [-0.2, 0) is 20.8 Å². The summed E-state index contributed by atoms with van der Waals surface area (Å²) in [5, 5.41) is 53.7. The molecule has 9 N–H and O–H groups in total. The summed E-state index contributed by atoms with van der Waals surface area (Å²) in [7, 11) is 0. The van der Waals surface area contributed by atoms with E-state index in [1.54, 1.807) is 6.07 Å². The van der Waals surface area contributed by atoms with Crippen LogP contribution >= 0.6 is 0 Å². The predicted molar refractivity (Wildman–Crippen MR) is 122 cm³/mol. The molecule has 0 bridgehead atoms. The summed E-state index contributed by atoms with van der Waals surface area (Å²) in [6.07, 6.45) is 0.876. The Kier molecular flexibility index (Phi) is 5.20. The van der Waals surface area contributed by atoms with Crippen molar-refractivity contribution in [3.8, 4) is 5.75 Å². The zero-order valence-electron chi connectivity index (χ0n) is 18.8. The summed E-state index contributed by atoms with van der Waals surface area (Å²) < 4.78 is 0. The second-order valence-electron chi connectivity index (χ2n) is 9.75. The van der Waals surface area contributed by atoms with Crippen molar-refractivity contribution in [3.05, 3.63) is 40.2 Å². The third-order valence-corrected chi connectivity index (χ3v) is 7.91. The first-order chi connectivity index (χ1) is 16.5. The molecule has 3 aliphatic carbocycles. The molecule has 1 heterocycles. The smallest absolute Gasteiger partial charge is 0.255 e. The van der Waals surface area contributed by atoms with Gasteiger partial charge in [0.15, 0.2) is 11.4 Å². The molecule has 11 heteroatoms. The summed E-state index contributed by atoms with van der Waals surface area (Å²) in [6, 6.07) is 1.65. The number of hydrogen-bond donors (Lipinski definition) is 7. The normalized spacial score (nSPS) is 31.3. The maximum atomic E-state index is 13.6. The van der Waals surface area contributed by atoms with E-state index in [1.807, 2.05) is 4.90 Å². The van der Waals surface area contributed by atoms with Crippen molar-refractivity contribution >= 4 is 28.9 Å². The SMILES string of the molecule is NC(=O)C1=C(O)[C@@]2(O)C(=O)C3=C(O)c4c(O)ccc(N5CCC(O)CC5)c4C[C@H]3C[C@H]2C(N)C1=O. The van der Waals surface area contributed by atoms with Gasteiger partial charge in [-0.15, -0.1) is 0 Å². The fourth-order valence-corrected chi connectivity index (χ4v) is 6.10. The molecule has 1 amide bonds. The van der Waals surface area contributed by atoms with Crippen LogP contribution < -0.4 is 16.4 Å². The van der Waals surface area contributed by atoms with E-state index in [1.165, 1.54) is 6.07 Å². The minimum absolute atomic E-state index is 0.0438. The Labute approximate surface area is 199 Å². The Balaban J connectivity index is 1.66. The van der Waals surface area contributed by atoms with Crippen molar-refractivity contribution in [2.45, 2.75) is 43.4 Å². The average Bonchev–Trinajstić information content (AvgIpc) is 2.80. The first-order valence-corrected chi connectivity index (χ1v) is 11.5. The molecule has 2 fully saturated rings. The quantitative estimate of drug-likeness (QED) is 0.263. The van der Waals surface area contributed by atoms with Gasteiger partial charge in [-0.1, -0.05) is 0 Å². The van der Waals surface area contributed by atoms with Gasteiger partial charge >= 0.3 is 0 Å². The van der Waals surface area contributed by atoms with Crippen molar-refractivity contribution < 1.29 is 39.9 Å². The number of carbonyl (C=O) groups is 3. The monoisotopic (exact) mass is 485 g/mol. The van der Waals surface area contributed by atoms with Crippen LogP contribution in [0.5, 0.6) is 5.75 Å². The first kappa shape index (κ1) is 23.3. The van der Waals surface area contributed by atoms with Gasteiger partial charge in [-0.3, -0.25) is 14.4 Å². The maximum Gasteiger partial charge on any atom is 0.255 e. The van der Waals surface area contributed by atoms with Crippen molar-refractivity contribution in [3.63, 3.8) is 0 Å². The van der Waals surface area contributed by atoms with E-state index in [-0.39, 0.29) is 29.7 Å². The lowest BCUT2D eigenvalue weighted by Gasteiger charge is -2.48. The highest BCUT2D eigenvalue weighted by atomic mass is 16.3. The van der Waals surface area contributed by atoms with Gasteiger partial charge in [-0.05, 0) is 49.3 Å². The topological polar surface area (TPSA) is 208 Å². The number of fused-ring (bicyclic) bond motifs is 3. The van der Waals surface area contributed by atoms with Gasteiger partial charge in [0.1, 0.15) is 22.8 Å². The minimum Gasteiger partial charge on any atom is -0.508 e. The molecule has 1 saturated heterocycles. The van der Waals surface area contributed by atoms with E-state index >= 15 is 0 Å². The third-order valence-electron chi connectivity index (χ3n) is 7.91. The van der Waals surface area contributed by atoms with E-state index in [0.29, 0.717) is 31.5 Å². The molecule has 5 rings (SSSR count). The van der Waals surface area contributed by atoms with E-state index in [2.05, 4.69) is 0 Å². The highest BCUT2D eigenvalue weighted by Gasteiger charge is 2.63. The van der Waals surface area contributed by atoms with Crippen LogP contribution in [-0.4, -0.2) is 73.8 Å². The molecule has 4 atom stereocenters. The van der Waals surface area contributed by atoms with E-state index in [4.69, 9.17) is 11.5 Å². The van der Waals surface area contributed by atoms with Crippen LogP contribution in [0.1, 0.15) is 30.4 Å². The van der Waals surface area contributed by atoms with Crippen molar-refractivity contribution in [1.29, 1.82) is 0 Å². The summed E-state index contributed by atoms with van der Waals surface area (Å²) >= 11 is 0. The molecule has 0 radical (unpaired) electrons. The Morgan fingerprint density at radius 3 is 2.40 bits per heavy atom. The molecule has 4 aliphatic rings. The molecular formula is C24H27N3O8. The Morgan fingerprint density at radius 1 is 1.11 bits per heavy atom. The van der Waals surface area contributed by atoms with Crippen LogP contribution in [0.15, 0.2) is 29.0 Å². The standard InChI is InChI=1S/C24H27N3O8/c25-18-12-8-9-7-11-13(27-5-3-10(28)4-6-27)1-2-14(29)16(11)19(30)15(9)21(32)24(12,35)22(33)17(20(18)31)23(26)34/h1-2,9-10,12,18,28-30,33,35H,3-8,25H2,(H2,26,34)/t9-,12-,18?,24-/m0/s1. The number of ketones is 2. The number of aliphatic hydroxyl groups is 4. The molecule has 35 heavy (non-hydrogen) atoms. The molecule has 1 saturated carbocycles. The second-order valence-corrected chi connectivity index (χ2v) is 9.75. The number of carbonyl (C=O) groups excluding carboxylic acids is 3. The van der Waals surface area contributed by atoms with Gasteiger partial charge in [-0.25, -0.2) is 0 Å². The number of nitrogens with two attached hydrogens (primary N) is 2. The van der Waals surface area contributed by atoms with Gasteiger partial charge in [0.05, 0.1) is 17.7 Å². The number of phenolic OH excluding ortho intramolecular Hbond substituents is 1. The highest BCUT2D eigenvalue weighted by molar-refractivity contribution is 6.24. The number of benzene rings is 1. The zero-order valence-corrected chi connectivity index (χ0v) is 18.8. The van der Waals surface area contributed by atoms with E-state index in [0.717, 1.165) is 5.69 Å². The number of rotatable bonds is 2. The third kappa shape index (κ3) is 3.12. The van der Waals surface area contributed by atoms with Gasteiger partial charge in [0.25, 0.3) is 5.91 Å². The number of primary amides is 1. The Morgan fingerprint density at radius 2 is 1.77 bits per heavy atom. The molecule has 186 valence electrons. The molecule has 1 aliphatic heterocycles. The van der Waals surface area contributed by atoms with Crippen LogP contribution in [0.3, 0.4) is 0 Å². The second kappa shape index (κ2) is 7.80. The van der Waals surface area contributed by atoms with Gasteiger partial charge in [0, 0.05) is 30.3 Å². The van der Waals surface area contributed by atoms with Crippen LogP contribution in [0.4, 0.5) is 5.69 Å². The molecule has 0 spiro atoms. The molecule has 11 nitrogen and oxygen atoms in total. The lowest BCUT2D eigenvalue weighted by Crippen LogP contribution is -2.65. The van der Waals surface area contributed by atoms with E-state index < -0.39 is 64.1 Å². The van der Waals surface area contributed by atoms with Crippen molar-refractivity contribution in [2.24, 2.45) is 23.3 Å². The summed E-state index contributed by atoms with van der Waals surface area (Å²) in [6.45, 7) is 1.13. The highest BCUT2D eigenvalue weighted by Crippen LogP contribution is 2.53. The average molecular weight is 485 g/mol. The fourth-order valence-electron chi connectivity index (χ4n) is 6.10. The zero-order chi connectivity index (χ0) is 25.4. The Bertz CT molecular complexity index is 1230. The molecule has 1 aromatic rings. The number of piperidine rings is 1. The number of Topliss-reactive ketones (excluding diaryl/α,β-unsaturated/α-hetero) is 2. The van der Waals surface area contributed by atoms with Crippen LogP contribution in [0.2, 0.25) is 0 Å². The predicted octanol–water partition coefficient (Wildman–Crippen LogP) is -0.678. The maximum absolute atomic E-state index is 13.6. The number of aromatic hydroxyl groups is 1. The number of hydrogen-bond acceptors (Lipinski definition) is 10. The van der Waals surface area contributed by atoms with E-state index in [9.17, 15) is 39.9 Å². The van der Waals surface area contributed by atoms with Crippen LogP contribution in [0, 0.1) is 11.8 Å². The summed E-state index contributed by atoms with van der Waals surface area (Å²) in [5.74, 6) is -7.27. The lowest BCUT2D eigenvalue weighted by atomic mass is 9.58. The lowest BCUT2D eigenvalue weighted by molar-refractivity contribution is -0.149.